The lowest BCUT2D eigenvalue weighted by molar-refractivity contribution is 0.102. The van der Waals surface area contributed by atoms with Crippen molar-refractivity contribution in [3.8, 4) is 5.75 Å². The van der Waals surface area contributed by atoms with E-state index in [1.165, 1.54) is 31.5 Å². The van der Waals surface area contributed by atoms with Crippen molar-refractivity contribution in [2.75, 3.05) is 19.5 Å². The topological polar surface area (TPSA) is 72.8 Å². The number of amides is 1. The van der Waals surface area contributed by atoms with Crippen molar-refractivity contribution in [3.63, 3.8) is 0 Å². The van der Waals surface area contributed by atoms with E-state index in [1.54, 1.807) is 25.3 Å². The van der Waals surface area contributed by atoms with Gasteiger partial charge in [-0.15, -0.1) is 0 Å². The SMILES string of the molecule is CO/N=C(\c1ccc(OC)cc1)c1ccc(NC(=O)c2cccc(F)c2F)nc1. The lowest BCUT2D eigenvalue weighted by Gasteiger charge is -2.09. The van der Waals surface area contributed by atoms with E-state index in [1.807, 2.05) is 12.1 Å². The third-order valence-electron chi connectivity index (χ3n) is 4.02. The molecule has 0 atom stereocenters. The Labute approximate surface area is 165 Å². The Hall–Kier alpha value is -3.81. The Morgan fingerprint density at radius 3 is 2.34 bits per heavy atom. The summed E-state index contributed by atoms with van der Waals surface area (Å²) in [5, 5.41) is 6.47. The van der Waals surface area contributed by atoms with Gasteiger partial charge in [-0.2, -0.15) is 0 Å². The molecule has 3 rings (SSSR count). The molecule has 0 saturated carbocycles. The molecule has 0 aliphatic rings. The van der Waals surface area contributed by atoms with E-state index in [0.29, 0.717) is 17.0 Å². The molecule has 0 radical (unpaired) electrons. The molecule has 0 aliphatic carbocycles. The number of ether oxygens (including phenoxy) is 1. The van der Waals surface area contributed by atoms with Crippen LogP contribution in [0, 0.1) is 11.6 Å². The molecule has 148 valence electrons. The fourth-order valence-electron chi connectivity index (χ4n) is 2.58. The quantitative estimate of drug-likeness (QED) is 0.504. The lowest BCUT2D eigenvalue weighted by Crippen LogP contribution is -2.15. The van der Waals surface area contributed by atoms with E-state index in [4.69, 9.17) is 9.57 Å². The first kappa shape index (κ1) is 19.9. The van der Waals surface area contributed by atoms with Gasteiger partial charge in [-0.05, 0) is 48.5 Å². The number of methoxy groups -OCH3 is 1. The molecule has 3 aromatic rings. The zero-order chi connectivity index (χ0) is 20.8. The number of halogens is 2. The molecule has 0 unspecified atom stereocenters. The number of pyridine rings is 1. The van der Waals surface area contributed by atoms with Gasteiger partial charge >= 0.3 is 0 Å². The molecule has 1 amide bonds. The largest absolute Gasteiger partial charge is 0.497 e. The van der Waals surface area contributed by atoms with Gasteiger partial charge in [0.2, 0.25) is 0 Å². The maximum atomic E-state index is 13.8. The van der Waals surface area contributed by atoms with Crippen LogP contribution in [0.15, 0.2) is 65.9 Å². The Morgan fingerprint density at radius 2 is 1.72 bits per heavy atom. The first-order chi connectivity index (χ1) is 14.0. The Morgan fingerprint density at radius 1 is 1.00 bits per heavy atom. The first-order valence-corrected chi connectivity index (χ1v) is 8.51. The number of hydrogen-bond donors (Lipinski definition) is 1. The molecule has 2 aromatic carbocycles. The normalized spacial score (nSPS) is 11.1. The predicted octanol–water partition coefficient (Wildman–Crippen LogP) is 4.02. The molecule has 1 aromatic heterocycles. The number of carbonyl (C=O) groups is 1. The Bertz CT molecular complexity index is 1040. The Kier molecular flexibility index (Phi) is 6.13. The molecular formula is C21H17F2N3O3. The highest BCUT2D eigenvalue weighted by atomic mass is 19.2. The molecule has 0 saturated heterocycles. The highest BCUT2D eigenvalue weighted by Gasteiger charge is 2.16. The van der Waals surface area contributed by atoms with E-state index in [2.05, 4.69) is 15.5 Å². The maximum absolute atomic E-state index is 13.8. The zero-order valence-corrected chi connectivity index (χ0v) is 15.6. The molecule has 0 aliphatic heterocycles. The van der Waals surface area contributed by atoms with Crippen molar-refractivity contribution < 1.29 is 23.1 Å². The second-order valence-electron chi connectivity index (χ2n) is 5.84. The van der Waals surface area contributed by atoms with Gasteiger partial charge in [0.25, 0.3) is 5.91 Å². The lowest BCUT2D eigenvalue weighted by atomic mass is 10.0. The van der Waals surface area contributed by atoms with Crippen molar-refractivity contribution in [3.05, 3.63) is 89.1 Å². The van der Waals surface area contributed by atoms with Crippen LogP contribution in [0.2, 0.25) is 0 Å². The second-order valence-corrected chi connectivity index (χ2v) is 5.84. The predicted molar refractivity (Wildman–Crippen MR) is 104 cm³/mol. The summed E-state index contributed by atoms with van der Waals surface area (Å²) >= 11 is 0. The van der Waals surface area contributed by atoms with Crippen LogP contribution in [0.4, 0.5) is 14.6 Å². The molecular weight excluding hydrogens is 380 g/mol. The van der Waals surface area contributed by atoms with Crippen LogP contribution in [-0.2, 0) is 4.84 Å². The van der Waals surface area contributed by atoms with Crippen molar-refractivity contribution in [2.24, 2.45) is 5.16 Å². The molecule has 29 heavy (non-hydrogen) atoms. The number of nitrogens with zero attached hydrogens (tertiary/aromatic N) is 2. The van der Waals surface area contributed by atoms with Gasteiger partial charge in [-0.3, -0.25) is 4.79 Å². The first-order valence-electron chi connectivity index (χ1n) is 8.51. The van der Waals surface area contributed by atoms with E-state index in [9.17, 15) is 13.6 Å². The second kappa shape index (κ2) is 8.92. The fourth-order valence-corrected chi connectivity index (χ4v) is 2.58. The summed E-state index contributed by atoms with van der Waals surface area (Å²) in [5.74, 6) is -2.24. The van der Waals surface area contributed by atoms with Crippen LogP contribution in [0.3, 0.4) is 0 Å². The fraction of sp³-hybridized carbons (Fsp3) is 0.0952. The summed E-state index contributed by atoms with van der Waals surface area (Å²) in [6.07, 6.45) is 1.49. The monoisotopic (exact) mass is 397 g/mol. The molecule has 0 bridgehead atoms. The molecule has 8 heteroatoms. The van der Waals surface area contributed by atoms with Crippen molar-refractivity contribution in [1.82, 2.24) is 4.98 Å². The molecule has 6 nitrogen and oxygen atoms in total. The summed E-state index contributed by atoms with van der Waals surface area (Å²) in [6.45, 7) is 0. The number of hydrogen-bond acceptors (Lipinski definition) is 5. The number of rotatable bonds is 6. The van der Waals surface area contributed by atoms with Gasteiger partial charge in [-0.25, -0.2) is 13.8 Å². The minimum Gasteiger partial charge on any atom is -0.497 e. The minimum absolute atomic E-state index is 0.175. The third-order valence-corrected chi connectivity index (χ3v) is 4.02. The molecule has 1 heterocycles. The summed E-state index contributed by atoms with van der Waals surface area (Å²) in [5.41, 5.74) is 1.52. The van der Waals surface area contributed by atoms with E-state index in [-0.39, 0.29) is 5.82 Å². The van der Waals surface area contributed by atoms with E-state index >= 15 is 0 Å². The molecule has 1 N–H and O–H groups in total. The van der Waals surface area contributed by atoms with Crippen LogP contribution >= 0.6 is 0 Å². The van der Waals surface area contributed by atoms with Crippen molar-refractivity contribution in [2.45, 2.75) is 0 Å². The number of oxime groups is 1. The molecule has 0 spiro atoms. The minimum atomic E-state index is -1.21. The highest BCUT2D eigenvalue weighted by Crippen LogP contribution is 2.18. The van der Waals surface area contributed by atoms with E-state index in [0.717, 1.165) is 11.6 Å². The van der Waals surface area contributed by atoms with Crippen LogP contribution in [0.1, 0.15) is 21.5 Å². The van der Waals surface area contributed by atoms with Crippen LogP contribution in [0.25, 0.3) is 0 Å². The van der Waals surface area contributed by atoms with Crippen molar-refractivity contribution >= 4 is 17.4 Å². The smallest absolute Gasteiger partial charge is 0.259 e. The average Bonchev–Trinajstić information content (AvgIpc) is 2.75. The van der Waals surface area contributed by atoms with Gasteiger partial charge < -0.3 is 14.9 Å². The highest BCUT2D eigenvalue weighted by molar-refractivity contribution is 6.12. The third kappa shape index (κ3) is 4.55. The van der Waals surface area contributed by atoms with Gasteiger partial charge in [0.05, 0.1) is 12.7 Å². The number of aromatic nitrogens is 1. The average molecular weight is 397 g/mol. The number of anilines is 1. The van der Waals surface area contributed by atoms with Crippen LogP contribution < -0.4 is 10.1 Å². The van der Waals surface area contributed by atoms with Crippen LogP contribution in [-0.4, -0.2) is 30.8 Å². The van der Waals surface area contributed by atoms with Gasteiger partial charge in [0, 0.05) is 17.3 Å². The van der Waals surface area contributed by atoms with Gasteiger partial charge in [0.15, 0.2) is 11.6 Å². The summed E-state index contributed by atoms with van der Waals surface area (Å²) < 4.78 is 32.2. The van der Waals surface area contributed by atoms with Crippen LogP contribution in [0.5, 0.6) is 5.75 Å². The number of carbonyl (C=O) groups excluding carboxylic acids is 1. The summed E-state index contributed by atoms with van der Waals surface area (Å²) in [4.78, 5) is 21.3. The summed E-state index contributed by atoms with van der Waals surface area (Å²) in [6, 6.07) is 13.8. The Balaban J connectivity index is 1.81. The molecule has 0 fully saturated rings. The number of nitrogens with one attached hydrogen (secondary N) is 1. The summed E-state index contributed by atoms with van der Waals surface area (Å²) in [7, 11) is 3.00. The standard InChI is InChI=1S/C21H17F2N3O3/c1-28-15-9-6-13(7-10-15)20(26-29-2)14-8-11-18(24-12-14)25-21(27)16-4-3-5-17(22)19(16)23/h3-12H,1-2H3,(H,24,25,27)/b26-20+. The zero-order valence-electron chi connectivity index (χ0n) is 15.6. The number of benzene rings is 2. The van der Waals surface area contributed by atoms with Gasteiger partial charge in [0.1, 0.15) is 24.4 Å². The maximum Gasteiger partial charge on any atom is 0.259 e. The van der Waals surface area contributed by atoms with Gasteiger partial charge in [-0.1, -0.05) is 11.2 Å². The van der Waals surface area contributed by atoms with Crippen molar-refractivity contribution in [1.29, 1.82) is 0 Å². The van der Waals surface area contributed by atoms with E-state index < -0.39 is 23.1 Å².